The van der Waals surface area contributed by atoms with Crippen molar-refractivity contribution in [2.24, 2.45) is 5.73 Å². The summed E-state index contributed by atoms with van der Waals surface area (Å²) in [6, 6.07) is 7.72. The van der Waals surface area contributed by atoms with E-state index in [1.807, 2.05) is 45.0 Å². The third-order valence-corrected chi connectivity index (χ3v) is 2.85. The van der Waals surface area contributed by atoms with Crippen LogP contribution in [0, 0.1) is 20.8 Å². The van der Waals surface area contributed by atoms with Gasteiger partial charge in [-0.15, -0.1) is 9.97 Å². The van der Waals surface area contributed by atoms with Gasteiger partial charge in [0.25, 0.3) is 5.96 Å². The van der Waals surface area contributed by atoms with Gasteiger partial charge in [-0.25, -0.2) is 4.99 Å². The molecule has 0 fully saturated rings. The fourth-order valence-corrected chi connectivity index (χ4v) is 2.00. The SMILES string of the molecule is COc1ccc(C)cc1NC(N)=[NH+]c1nc(C)cc(C)n1. The summed E-state index contributed by atoms with van der Waals surface area (Å²) >= 11 is 0. The number of hydrogen-bond donors (Lipinski definition) is 3. The maximum absolute atomic E-state index is 5.97. The zero-order valence-electron chi connectivity index (χ0n) is 12.7. The predicted octanol–water partition coefficient (Wildman–Crippen LogP) is 0.549. The standard InChI is InChI=1S/C15H19N5O/c1-9-5-6-13(21-4)12(7-9)19-14(16)20-15-17-10(2)8-11(3)18-15/h5-8H,1-4H3,(H3,16,17,18,19,20)/p+1. The lowest BCUT2D eigenvalue weighted by molar-refractivity contribution is -0.365. The van der Waals surface area contributed by atoms with E-state index in [0.29, 0.717) is 17.7 Å². The van der Waals surface area contributed by atoms with Gasteiger partial charge in [-0.3, -0.25) is 5.32 Å². The van der Waals surface area contributed by atoms with Crippen LogP contribution in [0.25, 0.3) is 0 Å². The Labute approximate surface area is 124 Å². The summed E-state index contributed by atoms with van der Waals surface area (Å²) in [5.74, 6) is 1.51. The molecule has 0 radical (unpaired) electrons. The highest BCUT2D eigenvalue weighted by molar-refractivity contribution is 5.90. The number of ether oxygens (including phenoxy) is 1. The first-order chi connectivity index (χ1) is 9.97. The van der Waals surface area contributed by atoms with E-state index in [0.717, 1.165) is 22.6 Å². The number of methoxy groups -OCH3 is 1. The first-order valence-corrected chi connectivity index (χ1v) is 6.61. The van der Waals surface area contributed by atoms with Crippen LogP contribution in [-0.2, 0) is 0 Å². The first-order valence-electron chi connectivity index (χ1n) is 6.61. The van der Waals surface area contributed by atoms with E-state index in [1.165, 1.54) is 0 Å². The number of hydrogen-bond acceptors (Lipinski definition) is 3. The molecule has 110 valence electrons. The molecule has 0 aliphatic heterocycles. The Morgan fingerprint density at radius 3 is 2.43 bits per heavy atom. The Morgan fingerprint density at radius 1 is 1.14 bits per heavy atom. The van der Waals surface area contributed by atoms with Crippen molar-refractivity contribution in [1.29, 1.82) is 0 Å². The van der Waals surface area contributed by atoms with Crippen LogP contribution in [-0.4, -0.2) is 23.0 Å². The Bertz CT molecular complexity index is 662. The van der Waals surface area contributed by atoms with E-state index < -0.39 is 0 Å². The lowest BCUT2D eigenvalue weighted by atomic mass is 10.2. The number of guanidine groups is 1. The Kier molecular flexibility index (Phi) is 4.37. The molecule has 2 rings (SSSR count). The fourth-order valence-electron chi connectivity index (χ4n) is 2.00. The smallest absolute Gasteiger partial charge is 0.354 e. The Balaban J connectivity index is 2.26. The van der Waals surface area contributed by atoms with Crippen molar-refractivity contribution >= 4 is 17.6 Å². The van der Waals surface area contributed by atoms with Gasteiger partial charge in [-0.1, -0.05) is 6.07 Å². The quantitative estimate of drug-likeness (QED) is 0.566. The van der Waals surface area contributed by atoms with Crippen LogP contribution in [0.5, 0.6) is 5.75 Å². The highest BCUT2D eigenvalue weighted by Gasteiger charge is 2.09. The van der Waals surface area contributed by atoms with Crippen molar-refractivity contribution in [2.45, 2.75) is 20.8 Å². The van der Waals surface area contributed by atoms with E-state index >= 15 is 0 Å². The summed E-state index contributed by atoms with van der Waals surface area (Å²) in [6.45, 7) is 5.82. The number of rotatable bonds is 3. The summed E-state index contributed by atoms with van der Waals surface area (Å²) in [5, 5.41) is 3.07. The molecule has 0 aliphatic carbocycles. The van der Waals surface area contributed by atoms with Crippen molar-refractivity contribution in [3.8, 4) is 5.75 Å². The molecular formula is C15H20N5O+. The second kappa shape index (κ2) is 6.21. The molecule has 0 bridgehead atoms. The minimum atomic E-state index is 0.337. The van der Waals surface area contributed by atoms with E-state index in [2.05, 4.69) is 20.3 Å². The molecule has 4 N–H and O–H groups in total. The van der Waals surface area contributed by atoms with Crippen molar-refractivity contribution in [2.75, 3.05) is 12.4 Å². The van der Waals surface area contributed by atoms with Gasteiger partial charge in [0.1, 0.15) is 5.69 Å². The summed E-state index contributed by atoms with van der Waals surface area (Å²) in [4.78, 5) is 11.5. The van der Waals surface area contributed by atoms with Crippen LogP contribution in [0.2, 0.25) is 0 Å². The van der Waals surface area contributed by atoms with Gasteiger partial charge in [-0.2, -0.15) is 0 Å². The molecule has 0 spiro atoms. The van der Waals surface area contributed by atoms with Gasteiger partial charge in [0.15, 0.2) is 5.75 Å². The predicted molar refractivity (Wildman–Crippen MR) is 82.7 cm³/mol. The summed E-state index contributed by atoms with van der Waals surface area (Å²) in [7, 11) is 1.62. The molecule has 0 atom stereocenters. The molecular weight excluding hydrogens is 266 g/mol. The molecule has 1 aromatic heterocycles. The van der Waals surface area contributed by atoms with Gasteiger partial charge in [0, 0.05) is 6.07 Å². The fraction of sp³-hybridized carbons (Fsp3) is 0.267. The largest absolute Gasteiger partial charge is 0.494 e. The molecule has 1 heterocycles. The van der Waals surface area contributed by atoms with E-state index in [1.54, 1.807) is 7.11 Å². The summed E-state index contributed by atoms with van der Waals surface area (Å²) in [6.07, 6.45) is 0. The topological polar surface area (TPSA) is 87.0 Å². The maximum Gasteiger partial charge on any atom is 0.354 e. The monoisotopic (exact) mass is 286 g/mol. The molecule has 0 saturated heterocycles. The number of aryl methyl sites for hydroxylation is 3. The average Bonchev–Trinajstić information content (AvgIpc) is 2.37. The number of nitrogens with zero attached hydrogens (tertiary/aromatic N) is 2. The number of nitrogens with two attached hydrogens (primary N) is 1. The lowest BCUT2D eigenvalue weighted by Crippen LogP contribution is -2.72. The molecule has 6 nitrogen and oxygen atoms in total. The minimum Gasteiger partial charge on any atom is -0.494 e. The van der Waals surface area contributed by atoms with Crippen LogP contribution in [0.1, 0.15) is 17.0 Å². The van der Waals surface area contributed by atoms with Gasteiger partial charge in [-0.05, 0) is 38.5 Å². The molecule has 0 amide bonds. The van der Waals surface area contributed by atoms with Gasteiger partial charge in [0.05, 0.1) is 18.5 Å². The Hall–Kier alpha value is -2.63. The summed E-state index contributed by atoms with van der Waals surface area (Å²) < 4.78 is 5.30. The number of aromatic nitrogens is 2. The third-order valence-electron chi connectivity index (χ3n) is 2.85. The maximum atomic E-state index is 5.97. The summed E-state index contributed by atoms with van der Waals surface area (Å²) in [5.41, 5.74) is 9.62. The number of benzene rings is 1. The zero-order valence-corrected chi connectivity index (χ0v) is 12.7. The van der Waals surface area contributed by atoms with Crippen molar-refractivity contribution in [3.63, 3.8) is 0 Å². The molecule has 21 heavy (non-hydrogen) atoms. The molecule has 6 heteroatoms. The van der Waals surface area contributed by atoms with Crippen LogP contribution in [0.3, 0.4) is 0 Å². The minimum absolute atomic E-state index is 0.337. The van der Waals surface area contributed by atoms with Crippen LogP contribution >= 0.6 is 0 Å². The van der Waals surface area contributed by atoms with Crippen LogP contribution in [0.4, 0.5) is 11.6 Å². The second-order valence-corrected chi connectivity index (χ2v) is 4.84. The molecule has 2 aromatic rings. The van der Waals surface area contributed by atoms with Crippen molar-refractivity contribution in [1.82, 2.24) is 9.97 Å². The van der Waals surface area contributed by atoms with E-state index in [4.69, 9.17) is 10.5 Å². The third kappa shape index (κ3) is 3.92. The zero-order chi connectivity index (χ0) is 15.4. The Morgan fingerprint density at radius 2 is 1.81 bits per heavy atom. The van der Waals surface area contributed by atoms with E-state index in [-0.39, 0.29) is 0 Å². The number of anilines is 1. The van der Waals surface area contributed by atoms with Crippen LogP contribution < -0.4 is 20.8 Å². The van der Waals surface area contributed by atoms with Gasteiger partial charge in [0.2, 0.25) is 0 Å². The van der Waals surface area contributed by atoms with Crippen molar-refractivity contribution < 1.29 is 9.73 Å². The molecule has 0 unspecified atom stereocenters. The second-order valence-electron chi connectivity index (χ2n) is 4.84. The van der Waals surface area contributed by atoms with E-state index in [9.17, 15) is 0 Å². The van der Waals surface area contributed by atoms with Gasteiger partial charge < -0.3 is 10.5 Å². The molecule has 1 aromatic carbocycles. The van der Waals surface area contributed by atoms with Gasteiger partial charge >= 0.3 is 5.95 Å². The normalized spacial score (nSPS) is 11.3. The van der Waals surface area contributed by atoms with Crippen molar-refractivity contribution in [3.05, 3.63) is 41.2 Å². The highest BCUT2D eigenvalue weighted by atomic mass is 16.5. The van der Waals surface area contributed by atoms with Crippen LogP contribution in [0.15, 0.2) is 24.3 Å². The average molecular weight is 286 g/mol. The highest BCUT2D eigenvalue weighted by Crippen LogP contribution is 2.24. The molecule has 0 aliphatic rings. The first kappa shape index (κ1) is 14.8. The lowest BCUT2D eigenvalue weighted by Gasteiger charge is -2.08. The molecule has 0 saturated carbocycles. The number of nitrogens with one attached hydrogen (secondary N) is 2.